The van der Waals surface area contributed by atoms with E-state index in [9.17, 15) is 9.59 Å². The number of piperidine rings is 1. The van der Waals surface area contributed by atoms with Gasteiger partial charge in [-0.15, -0.1) is 0 Å². The Morgan fingerprint density at radius 1 is 1.38 bits per heavy atom. The molecular formula is C11H17N3O2. The van der Waals surface area contributed by atoms with Crippen LogP contribution in [0.2, 0.25) is 0 Å². The van der Waals surface area contributed by atoms with Gasteiger partial charge in [0.25, 0.3) is 5.56 Å². The van der Waals surface area contributed by atoms with Crippen LogP contribution in [-0.2, 0) is 6.54 Å². The Morgan fingerprint density at radius 3 is 2.88 bits per heavy atom. The average Bonchev–Trinajstić information content (AvgIpc) is 2.20. The van der Waals surface area contributed by atoms with Crippen molar-refractivity contribution in [3.63, 3.8) is 0 Å². The maximum atomic E-state index is 11.1. The molecule has 2 heterocycles. The second kappa shape index (κ2) is 4.65. The van der Waals surface area contributed by atoms with E-state index in [1.54, 1.807) is 0 Å². The SMILES string of the molecule is CC1CCCCN1Cc1cc(=O)[nH]c(=O)[nH]1. The van der Waals surface area contributed by atoms with Gasteiger partial charge in [0, 0.05) is 24.3 Å². The van der Waals surface area contributed by atoms with Crippen molar-refractivity contribution in [3.8, 4) is 0 Å². The lowest BCUT2D eigenvalue weighted by Gasteiger charge is -2.32. The van der Waals surface area contributed by atoms with Gasteiger partial charge in [-0.05, 0) is 26.3 Å². The smallest absolute Gasteiger partial charge is 0.310 e. The van der Waals surface area contributed by atoms with E-state index in [1.807, 2.05) is 0 Å². The number of nitrogens with one attached hydrogen (secondary N) is 2. The van der Waals surface area contributed by atoms with Crippen molar-refractivity contribution < 1.29 is 0 Å². The van der Waals surface area contributed by atoms with E-state index >= 15 is 0 Å². The van der Waals surface area contributed by atoms with Crippen molar-refractivity contribution in [3.05, 3.63) is 32.6 Å². The quantitative estimate of drug-likeness (QED) is 0.764. The minimum atomic E-state index is -0.424. The van der Waals surface area contributed by atoms with Gasteiger partial charge in [-0.2, -0.15) is 0 Å². The number of H-pyrrole nitrogens is 2. The third-order valence-corrected chi connectivity index (χ3v) is 3.13. The Balaban J connectivity index is 2.13. The molecule has 1 aliphatic rings. The van der Waals surface area contributed by atoms with Crippen LogP contribution in [0, 0.1) is 0 Å². The van der Waals surface area contributed by atoms with Gasteiger partial charge in [-0.25, -0.2) is 4.79 Å². The lowest BCUT2D eigenvalue weighted by molar-refractivity contribution is 0.150. The number of hydrogen-bond donors (Lipinski definition) is 2. The topological polar surface area (TPSA) is 69.0 Å². The molecule has 0 radical (unpaired) electrons. The Morgan fingerprint density at radius 2 is 2.19 bits per heavy atom. The summed E-state index contributed by atoms with van der Waals surface area (Å²) >= 11 is 0. The molecule has 1 fully saturated rings. The molecule has 0 aliphatic carbocycles. The molecule has 1 aromatic heterocycles. The average molecular weight is 223 g/mol. The maximum absolute atomic E-state index is 11.1. The molecule has 0 saturated carbocycles. The van der Waals surface area contributed by atoms with Crippen LogP contribution in [0.25, 0.3) is 0 Å². The van der Waals surface area contributed by atoms with Crippen LogP contribution in [0.4, 0.5) is 0 Å². The van der Waals surface area contributed by atoms with Crippen molar-refractivity contribution in [1.29, 1.82) is 0 Å². The highest BCUT2D eigenvalue weighted by atomic mass is 16.2. The van der Waals surface area contributed by atoms with Crippen molar-refractivity contribution in [2.75, 3.05) is 6.54 Å². The van der Waals surface area contributed by atoms with E-state index in [1.165, 1.54) is 25.3 Å². The first-order chi connectivity index (χ1) is 7.65. The zero-order valence-corrected chi connectivity index (χ0v) is 9.45. The summed E-state index contributed by atoms with van der Waals surface area (Å²) in [6.45, 7) is 3.88. The maximum Gasteiger partial charge on any atom is 0.325 e. The predicted molar refractivity (Wildman–Crippen MR) is 61.4 cm³/mol. The van der Waals surface area contributed by atoms with Crippen LogP contribution in [0.3, 0.4) is 0 Å². The number of aromatic amines is 2. The lowest BCUT2D eigenvalue weighted by atomic mass is 10.0. The summed E-state index contributed by atoms with van der Waals surface area (Å²) in [6, 6.07) is 1.99. The largest absolute Gasteiger partial charge is 0.325 e. The molecule has 1 atom stereocenters. The Hall–Kier alpha value is -1.36. The molecule has 1 unspecified atom stereocenters. The Labute approximate surface area is 93.5 Å². The van der Waals surface area contributed by atoms with E-state index in [0.29, 0.717) is 18.3 Å². The first kappa shape index (κ1) is 11.1. The molecule has 2 rings (SSSR count). The molecule has 5 heteroatoms. The lowest BCUT2D eigenvalue weighted by Crippen LogP contribution is -2.38. The summed E-state index contributed by atoms with van der Waals surface area (Å²) in [5.41, 5.74) is -0.0573. The summed E-state index contributed by atoms with van der Waals surface area (Å²) in [6.07, 6.45) is 3.65. The first-order valence-corrected chi connectivity index (χ1v) is 5.72. The van der Waals surface area contributed by atoms with Gasteiger partial charge in [0.2, 0.25) is 0 Å². The van der Waals surface area contributed by atoms with Crippen molar-refractivity contribution in [2.45, 2.75) is 38.8 Å². The molecule has 0 aromatic carbocycles. The normalized spacial score (nSPS) is 22.2. The summed E-state index contributed by atoms with van der Waals surface area (Å²) in [5.74, 6) is 0. The second-order valence-corrected chi connectivity index (χ2v) is 4.43. The van der Waals surface area contributed by atoms with Crippen LogP contribution in [0.1, 0.15) is 31.9 Å². The van der Waals surface area contributed by atoms with Crippen molar-refractivity contribution in [2.24, 2.45) is 0 Å². The Bertz CT molecular complexity index is 435. The molecule has 88 valence electrons. The van der Waals surface area contributed by atoms with Gasteiger partial charge in [0.1, 0.15) is 0 Å². The van der Waals surface area contributed by atoms with Crippen molar-refractivity contribution >= 4 is 0 Å². The molecule has 0 bridgehead atoms. The molecule has 2 N–H and O–H groups in total. The molecule has 0 amide bonds. The minimum Gasteiger partial charge on any atom is -0.310 e. The fourth-order valence-electron chi connectivity index (χ4n) is 2.22. The van der Waals surface area contributed by atoms with Gasteiger partial charge in [0.05, 0.1) is 0 Å². The highest BCUT2D eigenvalue weighted by Gasteiger charge is 2.18. The fraction of sp³-hybridized carbons (Fsp3) is 0.636. The summed E-state index contributed by atoms with van der Waals surface area (Å²) in [5, 5.41) is 0. The van der Waals surface area contributed by atoms with Gasteiger partial charge in [-0.1, -0.05) is 6.42 Å². The number of aromatic nitrogens is 2. The third kappa shape index (κ3) is 2.61. The summed E-state index contributed by atoms with van der Waals surface area (Å²) in [7, 11) is 0. The molecule has 1 saturated heterocycles. The van der Waals surface area contributed by atoms with E-state index in [2.05, 4.69) is 21.8 Å². The second-order valence-electron chi connectivity index (χ2n) is 4.43. The highest BCUT2D eigenvalue weighted by molar-refractivity contribution is 4.99. The van der Waals surface area contributed by atoms with Crippen LogP contribution in [0.5, 0.6) is 0 Å². The first-order valence-electron chi connectivity index (χ1n) is 5.72. The fourth-order valence-corrected chi connectivity index (χ4v) is 2.22. The zero-order chi connectivity index (χ0) is 11.5. The number of nitrogens with zero attached hydrogens (tertiary/aromatic N) is 1. The van der Waals surface area contributed by atoms with Gasteiger partial charge < -0.3 is 4.98 Å². The monoisotopic (exact) mass is 223 g/mol. The minimum absolute atomic E-state index is 0.330. The van der Waals surface area contributed by atoms with E-state index < -0.39 is 5.69 Å². The van der Waals surface area contributed by atoms with Gasteiger partial charge in [0.15, 0.2) is 0 Å². The number of hydrogen-bond acceptors (Lipinski definition) is 3. The van der Waals surface area contributed by atoms with Crippen LogP contribution < -0.4 is 11.2 Å². The van der Waals surface area contributed by atoms with Crippen LogP contribution in [0.15, 0.2) is 15.7 Å². The van der Waals surface area contributed by atoms with Crippen LogP contribution in [-0.4, -0.2) is 27.5 Å². The molecular weight excluding hydrogens is 206 g/mol. The summed E-state index contributed by atoms with van der Waals surface area (Å²) in [4.78, 5) is 29.4. The van der Waals surface area contributed by atoms with Crippen molar-refractivity contribution in [1.82, 2.24) is 14.9 Å². The standard InChI is InChI=1S/C11H17N3O2/c1-8-4-2-3-5-14(8)7-9-6-10(15)13-11(16)12-9/h6,8H,2-5,7H2,1H3,(H2,12,13,15,16). The molecule has 1 aromatic rings. The molecule has 16 heavy (non-hydrogen) atoms. The van der Waals surface area contributed by atoms with E-state index in [4.69, 9.17) is 0 Å². The van der Waals surface area contributed by atoms with E-state index in [0.717, 1.165) is 6.54 Å². The third-order valence-electron chi connectivity index (χ3n) is 3.13. The molecule has 5 nitrogen and oxygen atoms in total. The summed E-state index contributed by atoms with van der Waals surface area (Å²) < 4.78 is 0. The van der Waals surface area contributed by atoms with E-state index in [-0.39, 0.29) is 5.56 Å². The Kier molecular flexibility index (Phi) is 3.24. The predicted octanol–water partition coefficient (Wildman–Crippen LogP) is 0.438. The number of rotatable bonds is 2. The zero-order valence-electron chi connectivity index (χ0n) is 9.45. The highest BCUT2D eigenvalue weighted by Crippen LogP contribution is 2.17. The van der Waals surface area contributed by atoms with Gasteiger partial charge >= 0.3 is 5.69 Å². The van der Waals surface area contributed by atoms with Crippen LogP contribution >= 0.6 is 0 Å². The molecule has 1 aliphatic heterocycles. The molecule has 0 spiro atoms. The number of likely N-dealkylation sites (tertiary alicyclic amines) is 1. The van der Waals surface area contributed by atoms with Gasteiger partial charge in [-0.3, -0.25) is 14.7 Å².